The molecule has 3 nitrogen and oxygen atoms in total. The Morgan fingerprint density at radius 1 is 1.37 bits per heavy atom. The smallest absolute Gasteiger partial charge is 0.259 e. The first-order chi connectivity index (χ1) is 8.97. The van der Waals surface area contributed by atoms with Gasteiger partial charge in [-0.05, 0) is 24.1 Å². The van der Waals surface area contributed by atoms with Crippen molar-refractivity contribution in [3.8, 4) is 0 Å². The summed E-state index contributed by atoms with van der Waals surface area (Å²) < 4.78 is 0. The molecule has 0 atom stereocenters. The largest absolute Gasteiger partial charge is 0.298 e. The number of nitrogens with zero attached hydrogens (tertiary/aromatic N) is 1. The molecule has 0 aliphatic heterocycles. The summed E-state index contributed by atoms with van der Waals surface area (Å²) in [6.07, 6.45) is 1.77. The fourth-order valence-corrected chi connectivity index (χ4v) is 2.64. The lowest BCUT2D eigenvalue weighted by molar-refractivity contribution is 0.102. The second-order valence-electron chi connectivity index (χ2n) is 4.30. The summed E-state index contributed by atoms with van der Waals surface area (Å²) in [5, 5.41) is 4.12. The standard InChI is InChI=1S/C13H12Cl2N2OS/c1-7(2)11-6-16-13(19-11)17-12(18)9-5-8(14)3-4-10(9)15/h3-7H,1-2H3,(H,16,17,18). The Balaban J connectivity index is 2.18. The predicted octanol–water partition coefficient (Wildman–Crippen LogP) is 4.83. The minimum absolute atomic E-state index is 0.308. The Hall–Kier alpha value is -1.10. The number of carbonyl (C=O) groups excluding carboxylic acids is 1. The third-order valence-electron chi connectivity index (χ3n) is 2.49. The molecule has 0 saturated heterocycles. The van der Waals surface area contributed by atoms with E-state index in [1.807, 2.05) is 0 Å². The number of thiazole rings is 1. The lowest BCUT2D eigenvalue weighted by Gasteiger charge is -2.04. The number of hydrogen-bond donors (Lipinski definition) is 1. The number of nitrogens with one attached hydrogen (secondary N) is 1. The Kier molecular flexibility index (Phi) is 4.45. The predicted molar refractivity (Wildman–Crippen MR) is 80.6 cm³/mol. The van der Waals surface area contributed by atoms with E-state index in [0.717, 1.165) is 4.88 Å². The molecule has 1 aromatic carbocycles. The van der Waals surface area contributed by atoms with Gasteiger partial charge in [-0.3, -0.25) is 10.1 Å². The van der Waals surface area contributed by atoms with Crippen molar-refractivity contribution in [1.29, 1.82) is 0 Å². The van der Waals surface area contributed by atoms with Crippen molar-refractivity contribution in [2.24, 2.45) is 0 Å². The van der Waals surface area contributed by atoms with Gasteiger partial charge in [-0.15, -0.1) is 11.3 Å². The van der Waals surface area contributed by atoms with Crippen molar-refractivity contribution in [3.05, 3.63) is 44.9 Å². The van der Waals surface area contributed by atoms with Gasteiger partial charge in [-0.2, -0.15) is 0 Å². The summed E-state index contributed by atoms with van der Waals surface area (Å²) in [6, 6.07) is 4.78. The van der Waals surface area contributed by atoms with Crippen LogP contribution < -0.4 is 5.32 Å². The lowest BCUT2D eigenvalue weighted by Crippen LogP contribution is -2.12. The maximum absolute atomic E-state index is 12.1. The van der Waals surface area contributed by atoms with Gasteiger partial charge in [0.25, 0.3) is 5.91 Å². The molecule has 1 N–H and O–H groups in total. The van der Waals surface area contributed by atoms with E-state index < -0.39 is 0 Å². The minimum Gasteiger partial charge on any atom is -0.298 e. The minimum atomic E-state index is -0.308. The van der Waals surface area contributed by atoms with E-state index >= 15 is 0 Å². The van der Waals surface area contributed by atoms with E-state index in [0.29, 0.717) is 26.7 Å². The summed E-state index contributed by atoms with van der Waals surface area (Å²) >= 11 is 13.3. The molecule has 1 heterocycles. The quantitative estimate of drug-likeness (QED) is 0.882. The number of rotatable bonds is 3. The van der Waals surface area contributed by atoms with E-state index in [1.54, 1.807) is 18.3 Å². The molecule has 0 aliphatic carbocycles. The van der Waals surface area contributed by atoms with Crippen LogP contribution in [-0.4, -0.2) is 10.9 Å². The molecule has 2 aromatic rings. The third-order valence-corrected chi connectivity index (χ3v) is 4.26. The van der Waals surface area contributed by atoms with Crippen LogP contribution in [0.3, 0.4) is 0 Å². The highest BCUT2D eigenvalue weighted by Gasteiger charge is 2.13. The van der Waals surface area contributed by atoms with E-state index in [9.17, 15) is 4.79 Å². The number of hydrogen-bond acceptors (Lipinski definition) is 3. The van der Waals surface area contributed by atoms with Gasteiger partial charge in [-0.25, -0.2) is 4.98 Å². The van der Waals surface area contributed by atoms with Crippen LogP contribution in [0.1, 0.15) is 35.0 Å². The molecule has 6 heteroatoms. The Morgan fingerprint density at radius 3 is 2.74 bits per heavy atom. The van der Waals surface area contributed by atoms with Gasteiger partial charge in [0.05, 0.1) is 10.6 Å². The van der Waals surface area contributed by atoms with E-state index in [4.69, 9.17) is 23.2 Å². The molecular weight excluding hydrogens is 303 g/mol. The Morgan fingerprint density at radius 2 is 2.11 bits per heavy atom. The first kappa shape index (κ1) is 14.3. The molecule has 0 saturated carbocycles. The maximum atomic E-state index is 12.1. The number of halogens is 2. The highest BCUT2D eigenvalue weighted by atomic mass is 35.5. The fraction of sp³-hybridized carbons (Fsp3) is 0.231. The molecule has 1 amide bonds. The van der Waals surface area contributed by atoms with Gasteiger partial charge in [0.15, 0.2) is 5.13 Å². The number of benzene rings is 1. The molecule has 19 heavy (non-hydrogen) atoms. The van der Waals surface area contributed by atoms with Gasteiger partial charge >= 0.3 is 0 Å². The third kappa shape index (κ3) is 3.47. The molecule has 0 aliphatic rings. The van der Waals surface area contributed by atoms with Crippen LogP contribution in [0.15, 0.2) is 24.4 Å². The van der Waals surface area contributed by atoms with Crippen LogP contribution in [-0.2, 0) is 0 Å². The average Bonchev–Trinajstić information content (AvgIpc) is 2.80. The number of aromatic nitrogens is 1. The zero-order chi connectivity index (χ0) is 14.0. The van der Waals surface area contributed by atoms with Gasteiger partial charge in [-0.1, -0.05) is 37.0 Å². The topological polar surface area (TPSA) is 42.0 Å². The lowest BCUT2D eigenvalue weighted by atomic mass is 10.2. The molecule has 2 rings (SSSR count). The van der Waals surface area contributed by atoms with Crippen molar-refractivity contribution in [2.75, 3.05) is 5.32 Å². The fourth-order valence-electron chi connectivity index (χ4n) is 1.45. The van der Waals surface area contributed by atoms with Crippen LogP contribution in [0.5, 0.6) is 0 Å². The van der Waals surface area contributed by atoms with E-state index in [2.05, 4.69) is 24.1 Å². The summed E-state index contributed by atoms with van der Waals surface area (Å²) in [7, 11) is 0. The average molecular weight is 315 g/mol. The molecule has 0 fully saturated rings. The van der Waals surface area contributed by atoms with Crippen molar-refractivity contribution in [3.63, 3.8) is 0 Å². The summed E-state index contributed by atoms with van der Waals surface area (Å²) in [4.78, 5) is 17.4. The van der Waals surface area contributed by atoms with Crippen LogP contribution in [0, 0.1) is 0 Å². The molecule has 0 radical (unpaired) electrons. The van der Waals surface area contributed by atoms with E-state index in [-0.39, 0.29) is 5.91 Å². The first-order valence-corrected chi connectivity index (χ1v) is 7.26. The maximum Gasteiger partial charge on any atom is 0.259 e. The molecular formula is C13H12Cl2N2OS. The van der Waals surface area contributed by atoms with Gasteiger partial charge in [0, 0.05) is 16.1 Å². The second kappa shape index (κ2) is 5.90. The summed E-state index contributed by atoms with van der Waals surface area (Å²) in [5.41, 5.74) is 0.343. The molecule has 0 spiro atoms. The normalized spacial score (nSPS) is 10.8. The van der Waals surface area contributed by atoms with Crippen LogP contribution in [0.2, 0.25) is 10.0 Å². The van der Waals surface area contributed by atoms with Gasteiger partial charge in [0.1, 0.15) is 0 Å². The molecule has 1 aromatic heterocycles. The van der Waals surface area contributed by atoms with Crippen LogP contribution >= 0.6 is 34.5 Å². The van der Waals surface area contributed by atoms with Crippen molar-refractivity contribution < 1.29 is 4.79 Å². The highest BCUT2D eigenvalue weighted by molar-refractivity contribution is 7.15. The SMILES string of the molecule is CC(C)c1cnc(NC(=O)c2cc(Cl)ccc2Cl)s1. The van der Waals surface area contributed by atoms with E-state index in [1.165, 1.54) is 17.4 Å². The van der Waals surface area contributed by atoms with Crippen molar-refractivity contribution >= 4 is 45.6 Å². The van der Waals surface area contributed by atoms with Crippen LogP contribution in [0.4, 0.5) is 5.13 Å². The zero-order valence-corrected chi connectivity index (χ0v) is 12.7. The van der Waals surface area contributed by atoms with Gasteiger partial charge in [0.2, 0.25) is 0 Å². The first-order valence-electron chi connectivity index (χ1n) is 5.69. The number of carbonyl (C=O) groups is 1. The number of amides is 1. The highest BCUT2D eigenvalue weighted by Crippen LogP contribution is 2.27. The molecule has 0 bridgehead atoms. The Bertz CT molecular complexity index is 610. The van der Waals surface area contributed by atoms with Crippen LogP contribution in [0.25, 0.3) is 0 Å². The summed E-state index contributed by atoms with van der Waals surface area (Å²) in [6.45, 7) is 4.15. The Labute approximate surface area is 125 Å². The van der Waals surface area contributed by atoms with Crippen molar-refractivity contribution in [1.82, 2.24) is 4.98 Å². The zero-order valence-electron chi connectivity index (χ0n) is 10.4. The van der Waals surface area contributed by atoms with Gasteiger partial charge < -0.3 is 0 Å². The monoisotopic (exact) mass is 314 g/mol. The molecule has 100 valence electrons. The number of anilines is 1. The molecule has 0 unspecified atom stereocenters. The summed E-state index contributed by atoms with van der Waals surface area (Å²) in [5.74, 6) is 0.0788. The van der Waals surface area contributed by atoms with Crippen molar-refractivity contribution in [2.45, 2.75) is 19.8 Å². The second-order valence-corrected chi connectivity index (χ2v) is 6.21.